The first-order valence-corrected chi connectivity index (χ1v) is 5.50. The number of rotatable bonds is 2. The van der Waals surface area contributed by atoms with Gasteiger partial charge in [-0.25, -0.2) is 0 Å². The quantitative estimate of drug-likeness (QED) is 0.671. The van der Waals surface area contributed by atoms with Gasteiger partial charge in [0.25, 0.3) is 0 Å². The Morgan fingerprint density at radius 1 is 1.00 bits per heavy atom. The summed E-state index contributed by atoms with van der Waals surface area (Å²) in [5.41, 5.74) is 0. The molecule has 0 aromatic heterocycles. The Balaban J connectivity index is 0.00000106. The van der Waals surface area contributed by atoms with E-state index < -0.39 is 0 Å². The van der Waals surface area contributed by atoms with Gasteiger partial charge in [-0.05, 0) is 0 Å². The third kappa shape index (κ3) is 6.40. The second-order valence-electron chi connectivity index (χ2n) is 3.24. The molecule has 2 atom stereocenters. The summed E-state index contributed by atoms with van der Waals surface area (Å²) in [4.78, 5) is 21.3. The average Bonchev–Trinajstić information content (AvgIpc) is 2.19. The molecule has 1 rings (SSSR count). The lowest BCUT2D eigenvalue weighted by Crippen LogP contribution is -2.38. The molecule has 0 spiro atoms. The maximum Gasteiger partial charge on any atom is 0.302 e. The van der Waals surface area contributed by atoms with E-state index in [0.717, 1.165) is 0 Å². The van der Waals surface area contributed by atoms with E-state index in [1.807, 2.05) is 13.8 Å². The van der Waals surface area contributed by atoms with Gasteiger partial charge in [0.05, 0.1) is 13.2 Å². The van der Waals surface area contributed by atoms with Gasteiger partial charge in [0, 0.05) is 20.3 Å². The number of hydrogen-bond donors (Lipinski definition) is 0. The van der Waals surface area contributed by atoms with Gasteiger partial charge in [-0.3, -0.25) is 9.59 Å². The zero-order valence-corrected chi connectivity index (χ0v) is 10.3. The molecule has 1 aliphatic heterocycles. The summed E-state index contributed by atoms with van der Waals surface area (Å²) < 4.78 is 15.0. The molecule has 0 aromatic carbocycles. The minimum absolute atomic E-state index is 0.300. The zero-order valence-electron chi connectivity index (χ0n) is 10.3. The Bertz CT molecular complexity index is 204. The predicted molar refractivity (Wildman–Crippen MR) is 57.9 cm³/mol. The van der Waals surface area contributed by atoms with Gasteiger partial charge in [-0.15, -0.1) is 0 Å². The molecule has 0 N–H and O–H groups in total. The number of ether oxygens (including phenoxy) is 3. The molecule has 94 valence electrons. The normalized spacial score (nSPS) is 23.8. The lowest BCUT2D eigenvalue weighted by molar-refractivity contribution is -0.168. The van der Waals surface area contributed by atoms with Crippen LogP contribution in [0.1, 0.15) is 34.1 Å². The summed E-state index contributed by atoms with van der Waals surface area (Å²) >= 11 is 0. The summed E-state index contributed by atoms with van der Waals surface area (Å²) in [6, 6.07) is 0. The molecule has 5 nitrogen and oxygen atoms in total. The van der Waals surface area contributed by atoms with Gasteiger partial charge in [0.2, 0.25) is 0 Å². The summed E-state index contributed by atoms with van der Waals surface area (Å²) in [7, 11) is 0. The van der Waals surface area contributed by atoms with Crippen molar-refractivity contribution in [3.8, 4) is 0 Å². The molecule has 1 heterocycles. The lowest BCUT2D eigenvalue weighted by atomic mass is 10.1. The van der Waals surface area contributed by atoms with Crippen LogP contribution in [-0.4, -0.2) is 37.4 Å². The van der Waals surface area contributed by atoms with Crippen LogP contribution in [-0.2, 0) is 23.8 Å². The fourth-order valence-electron chi connectivity index (χ4n) is 1.39. The summed E-state index contributed by atoms with van der Waals surface area (Å²) in [5.74, 6) is -0.691. The predicted octanol–water partition coefficient (Wildman–Crippen LogP) is 1.30. The number of carbonyl (C=O) groups is 2. The topological polar surface area (TPSA) is 61.8 Å². The van der Waals surface area contributed by atoms with Crippen LogP contribution in [0.4, 0.5) is 0 Å². The van der Waals surface area contributed by atoms with Gasteiger partial charge in [0.15, 0.2) is 0 Å². The van der Waals surface area contributed by atoms with Crippen molar-refractivity contribution < 1.29 is 23.8 Å². The third-order valence-corrected chi connectivity index (χ3v) is 1.80. The second kappa shape index (κ2) is 8.10. The van der Waals surface area contributed by atoms with Crippen LogP contribution in [0, 0.1) is 0 Å². The van der Waals surface area contributed by atoms with Crippen molar-refractivity contribution in [3.63, 3.8) is 0 Å². The van der Waals surface area contributed by atoms with E-state index in [2.05, 4.69) is 0 Å². The van der Waals surface area contributed by atoms with Crippen molar-refractivity contribution in [1.82, 2.24) is 0 Å². The van der Waals surface area contributed by atoms with Crippen LogP contribution in [0.5, 0.6) is 0 Å². The van der Waals surface area contributed by atoms with Crippen LogP contribution in [0.25, 0.3) is 0 Å². The molecule has 0 aliphatic carbocycles. The van der Waals surface area contributed by atoms with Crippen LogP contribution >= 0.6 is 0 Å². The second-order valence-corrected chi connectivity index (χ2v) is 3.24. The highest BCUT2D eigenvalue weighted by atomic mass is 16.6. The van der Waals surface area contributed by atoms with Crippen LogP contribution in [0.15, 0.2) is 0 Å². The van der Waals surface area contributed by atoms with Crippen molar-refractivity contribution in [2.75, 3.05) is 13.2 Å². The molecule has 5 heteroatoms. The molecule has 1 fully saturated rings. The fraction of sp³-hybridized carbons (Fsp3) is 0.818. The van der Waals surface area contributed by atoms with Crippen molar-refractivity contribution >= 4 is 11.9 Å². The largest absolute Gasteiger partial charge is 0.460 e. The standard InChI is InChI=1S/C9H14O5.C2H6/c1-6(10)13-8-3-9(5-12-4-8)14-7(2)11;1-2/h8-9H,3-5H2,1-2H3;1-2H3. The van der Waals surface area contributed by atoms with Gasteiger partial charge < -0.3 is 14.2 Å². The summed E-state index contributed by atoms with van der Waals surface area (Å²) in [6.07, 6.45) is -0.0877. The molecule has 0 amide bonds. The van der Waals surface area contributed by atoms with E-state index in [-0.39, 0.29) is 24.1 Å². The van der Waals surface area contributed by atoms with Crippen molar-refractivity contribution in [1.29, 1.82) is 0 Å². The van der Waals surface area contributed by atoms with Crippen LogP contribution < -0.4 is 0 Å². The molecule has 1 aliphatic rings. The average molecular weight is 232 g/mol. The number of hydrogen-bond acceptors (Lipinski definition) is 5. The molecule has 0 radical (unpaired) electrons. The minimum Gasteiger partial charge on any atom is -0.460 e. The Morgan fingerprint density at radius 2 is 1.38 bits per heavy atom. The molecule has 16 heavy (non-hydrogen) atoms. The monoisotopic (exact) mass is 232 g/mol. The summed E-state index contributed by atoms with van der Waals surface area (Å²) in [5, 5.41) is 0. The van der Waals surface area contributed by atoms with Gasteiger partial charge in [0.1, 0.15) is 12.2 Å². The van der Waals surface area contributed by atoms with E-state index in [0.29, 0.717) is 19.6 Å². The highest BCUT2D eigenvalue weighted by Crippen LogP contribution is 2.14. The van der Waals surface area contributed by atoms with Gasteiger partial charge >= 0.3 is 11.9 Å². The minimum atomic E-state index is -0.345. The molecule has 0 saturated carbocycles. The highest BCUT2D eigenvalue weighted by Gasteiger charge is 2.26. The Labute approximate surface area is 96.1 Å². The molecule has 2 unspecified atom stereocenters. The third-order valence-electron chi connectivity index (χ3n) is 1.80. The Morgan fingerprint density at radius 3 is 1.69 bits per heavy atom. The fourth-order valence-corrected chi connectivity index (χ4v) is 1.39. The Hall–Kier alpha value is -1.10. The van der Waals surface area contributed by atoms with E-state index in [1.165, 1.54) is 13.8 Å². The molecule has 0 aromatic rings. The molecule has 0 bridgehead atoms. The highest BCUT2D eigenvalue weighted by molar-refractivity contribution is 5.66. The van der Waals surface area contributed by atoms with E-state index >= 15 is 0 Å². The lowest BCUT2D eigenvalue weighted by Gasteiger charge is -2.28. The van der Waals surface area contributed by atoms with Crippen molar-refractivity contribution in [3.05, 3.63) is 0 Å². The molecular formula is C11H20O5. The first-order valence-electron chi connectivity index (χ1n) is 5.50. The van der Waals surface area contributed by atoms with Crippen LogP contribution in [0.3, 0.4) is 0 Å². The zero-order chi connectivity index (χ0) is 12.6. The van der Waals surface area contributed by atoms with Gasteiger partial charge in [-0.2, -0.15) is 0 Å². The first-order chi connectivity index (χ1) is 7.58. The van der Waals surface area contributed by atoms with E-state index in [1.54, 1.807) is 0 Å². The smallest absolute Gasteiger partial charge is 0.302 e. The van der Waals surface area contributed by atoms with Crippen molar-refractivity contribution in [2.45, 2.75) is 46.3 Å². The number of carbonyl (C=O) groups excluding carboxylic acids is 2. The molecular weight excluding hydrogens is 212 g/mol. The van der Waals surface area contributed by atoms with E-state index in [9.17, 15) is 9.59 Å². The Kier molecular flexibility index (Phi) is 7.54. The number of esters is 2. The summed E-state index contributed by atoms with van der Waals surface area (Å²) in [6.45, 7) is 7.43. The SMILES string of the molecule is CC.CC(=O)OC1COCC(OC(C)=O)C1. The maximum absolute atomic E-state index is 10.7. The first kappa shape index (κ1) is 14.9. The van der Waals surface area contributed by atoms with Gasteiger partial charge in [-0.1, -0.05) is 13.8 Å². The van der Waals surface area contributed by atoms with Crippen LogP contribution in [0.2, 0.25) is 0 Å². The van der Waals surface area contributed by atoms with E-state index in [4.69, 9.17) is 14.2 Å². The maximum atomic E-state index is 10.7. The molecule has 1 saturated heterocycles. The van der Waals surface area contributed by atoms with Crippen molar-refractivity contribution in [2.24, 2.45) is 0 Å².